The van der Waals surface area contributed by atoms with Gasteiger partial charge in [-0.2, -0.15) is 5.10 Å². The van der Waals surface area contributed by atoms with Gasteiger partial charge in [0.15, 0.2) is 0 Å². The van der Waals surface area contributed by atoms with Gasteiger partial charge in [-0.25, -0.2) is 9.67 Å². The molecule has 0 bridgehead atoms. The number of β-amino-alcohol motifs (C(OH)–C–C–N with tert-alkyl or cyclic N) is 1. The molecule has 6 heteroatoms. The van der Waals surface area contributed by atoms with Gasteiger partial charge in [0.2, 0.25) is 0 Å². The molecular weight excluding hydrogens is 324 g/mol. The predicted octanol–water partition coefficient (Wildman–Crippen LogP) is 3.14. The van der Waals surface area contributed by atoms with E-state index in [2.05, 4.69) is 15.0 Å². The van der Waals surface area contributed by atoms with Crippen molar-refractivity contribution in [1.82, 2.24) is 19.7 Å². The van der Waals surface area contributed by atoms with Crippen molar-refractivity contribution in [3.05, 3.63) is 46.5 Å². The van der Waals surface area contributed by atoms with Crippen LogP contribution < -0.4 is 0 Å². The number of rotatable bonds is 5. The van der Waals surface area contributed by atoms with E-state index in [1.165, 1.54) is 12.8 Å². The number of aliphatic hydroxyl groups is 1. The normalized spacial score (nSPS) is 20.2. The number of piperidine rings is 1. The van der Waals surface area contributed by atoms with Gasteiger partial charge in [-0.05, 0) is 39.3 Å². The molecule has 0 saturated carbocycles. The lowest BCUT2D eigenvalue weighted by Gasteiger charge is -2.37. The van der Waals surface area contributed by atoms with Crippen molar-refractivity contribution < 1.29 is 5.11 Å². The lowest BCUT2D eigenvalue weighted by molar-refractivity contribution is 0.0588. The van der Waals surface area contributed by atoms with Crippen LogP contribution in [0.15, 0.2) is 24.3 Å². The van der Waals surface area contributed by atoms with Gasteiger partial charge in [0.1, 0.15) is 11.6 Å². The smallest absolute Gasteiger partial charge is 0.147 e. The van der Waals surface area contributed by atoms with Gasteiger partial charge in [0, 0.05) is 23.2 Å². The molecule has 5 nitrogen and oxygen atoms in total. The number of hydrogen-bond acceptors (Lipinski definition) is 4. The summed E-state index contributed by atoms with van der Waals surface area (Å²) in [6, 6.07) is 7.90. The molecule has 1 aliphatic heterocycles. The SMILES string of the molecule is Cc1nc(C)n(C[C@H]2CCCCN2C[C@H](O)c2ccccc2Cl)n1. The van der Waals surface area contributed by atoms with Crippen LogP contribution in [0, 0.1) is 13.8 Å². The van der Waals surface area contributed by atoms with E-state index < -0.39 is 6.10 Å². The molecule has 1 saturated heterocycles. The number of likely N-dealkylation sites (tertiary alicyclic amines) is 1. The molecular formula is C18H25ClN4O. The van der Waals surface area contributed by atoms with Crippen LogP contribution in [0.5, 0.6) is 0 Å². The van der Waals surface area contributed by atoms with Crippen LogP contribution in [0.3, 0.4) is 0 Å². The van der Waals surface area contributed by atoms with Gasteiger partial charge in [0.05, 0.1) is 12.6 Å². The Hall–Kier alpha value is -1.43. The lowest BCUT2D eigenvalue weighted by Crippen LogP contribution is -2.44. The second kappa shape index (κ2) is 7.64. The van der Waals surface area contributed by atoms with Gasteiger partial charge >= 0.3 is 0 Å². The second-order valence-electron chi connectivity index (χ2n) is 6.57. The zero-order valence-corrected chi connectivity index (χ0v) is 15.1. The van der Waals surface area contributed by atoms with E-state index in [9.17, 15) is 5.11 Å². The molecule has 1 N–H and O–H groups in total. The maximum atomic E-state index is 10.6. The van der Waals surface area contributed by atoms with Crippen LogP contribution >= 0.6 is 11.6 Å². The van der Waals surface area contributed by atoms with E-state index in [1.807, 2.05) is 42.8 Å². The molecule has 2 aromatic rings. The Morgan fingerprint density at radius 1 is 1.29 bits per heavy atom. The zero-order valence-electron chi connectivity index (χ0n) is 14.3. The third-order valence-electron chi connectivity index (χ3n) is 4.77. The molecule has 0 spiro atoms. The summed E-state index contributed by atoms with van der Waals surface area (Å²) in [6.45, 7) is 6.33. The first-order chi connectivity index (χ1) is 11.5. The molecule has 1 aromatic carbocycles. The summed E-state index contributed by atoms with van der Waals surface area (Å²) >= 11 is 6.23. The molecule has 24 heavy (non-hydrogen) atoms. The third kappa shape index (κ3) is 3.97. The van der Waals surface area contributed by atoms with Crippen molar-refractivity contribution in [1.29, 1.82) is 0 Å². The highest BCUT2D eigenvalue weighted by molar-refractivity contribution is 6.31. The molecule has 0 unspecified atom stereocenters. The number of aliphatic hydroxyl groups excluding tert-OH is 1. The van der Waals surface area contributed by atoms with Crippen molar-refractivity contribution in [3.63, 3.8) is 0 Å². The fourth-order valence-electron chi connectivity index (χ4n) is 3.51. The van der Waals surface area contributed by atoms with E-state index in [0.29, 0.717) is 17.6 Å². The van der Waals surface area contributed by atoms with E-state index in [0.717, 1.165) is 36.7 Å². The lowest BCUT2D eigenvalue weighted by atomic mass is 10.00. The Morgan fingerprint density at radius 2 is 2.08 bits per heavy atom. The first-order valence-electron chi connectivity index (χ1n) is 8.59. The van der Waals surface area contributed by atoms with Crippen LogP contribution in [-0.4, -0.2) is 43.9 Å². The predicted molar refractivity (Wildman–Crippen MR) is 95.1 cm³/mol. The molecule has 2 atom stereocenters. The first-order valence-corrected chi connectivity index (χ1v) is 8.97. The van der Waals surface area contributed by atoms with Crippen molar-refractivity contribution in [3.8, 4) is 0 Å². The molecule has 0 aliphatic carbocycles. The monoisotopic (exact) mass is 348 g/mol. The highest BCUT2D eigenvalue weighted by Crippen LogP contribution is 2.26. The molecule has 0 amide bonds. The van der Waals surface area contributed by atoms with E-state index in [1.54, 1.807) is 0 Å². The highest BCUT2D eigenvalue weighted by Gasteiger charge is 2.26. The van der Waals surface area contributed by atoms with E-state index in [-0.39, 0.29) is 0 Å². The fraction of sp³-hybridized carbons (Fsp3) is 0.556. The first kappa shape index (κ1) is 17.4. The van der Waals surface area contributed by atoms with Crippen molar-refractivity contribution >= 4 is 11.6 Å². The number of benzene rings is 1. The molecule has 1 aliphatic rings. The molecule has 130 valence electrons. The number of halogens is 1. The van der Waals surface area contributed by atoms with Gasteiger partial charge in [-0.15, -0.1) is 0 Å². The highest BCUT2D eigenvalue weighted by atomic mass is 35.5. The largest absolute Gasteiger partial charge is 0.387 e. The summed E-state index contributed by atoms with van der Waals surface area (Å²) in [5, 5.41) is 15.7. The van der Waals surface area contributed by atoms with Crippen molar-refractivity contribution in [2.75, 3.05) is 13.1 Å². The summed E-state index contributed by atoms with van der Waals surface area (Å²) in [4.78, 5) is 6.76. The zero-order chi connectivity index (χ0) is 17.1. The van der Waals surface area contributed by atoms with Gasteiger partial charge in [-0.1, -0.05) is 36.2 Å². The topological polar surface area (TPSA) is 54.2 Å². The number of aromatic nitrogens is 3. The van der Waals surface area contributed by atoms with Crippen LogP contribution in [0.25, 0.3) is 0 Å². The summed E-state index contributed by atoms with van der Waals surface area (Å²) < 4.78 is 1.99. The Bertz CT molecular complexity index is 687. The summed E-state index contributed by atoms with van der Waals surface area (Å²) in [6.07, 6.45) is 2.93. The van der Waals surface area contributed by atoms with E-state index >= 15 is 0 Å². The van der Waals surface area contributed by atoms with Crippen molar-refractivity contribution in [2.24, 2.45) is 0 Å². The number of nitrogens with zero attached hydrogens (tertiary/aromatic N) is 4. The average molecular weight is 349 g/mol. The minimum atomic E-state index is -0.571. The van der Waals surface area contributed by atoms with Gasteiger partial charge < -0.3 is 5.11 Å². The summed E-state index contributed by atoms with van der Waals surface area (Å²) in [5.74, 6) is 1.76. The minimum absolute atomic E-state index is 0.371. The maximum Gasteiger partial charge on any atom is 0.147 e. The molecule has 1 aromatic heterocycles. The fourth-order valence-corrected chi connectivity index (χ4v) is 3.77. The van der Waals surface area contributed by atoms with Gasteiger partial charge in [-0.3, -0.25) is 4.90 Å². The number of aryl methyl sites for hydroxylation is 2. The van der Waals surface area contributed by atoms with Crippen LogP contribution in [0.2, 0.25) is 5.02 Å². The Kier molecular flexibility index (Phi) is 5.54. The molecule has 1 fully saturated rings. The van der Waals surface area contributed by atoms with Gasteiger partial charge in [0.25, 0.3) is 0 Å². The molecule has 2 heterocycles. The standard InChI is InChI=1S/C18H25ClN4O/c1-13-20-14(2)23(21-13)11-15-7-5-6-10-22(15)12-18(24)16-8-3-4-9-17(16)19/h3-4,8-9,15,18,24H,5-7,10-12H2,1-2H3/t15-,18+/m1/s1. The molecule has 3 rings (SSSR count). The Morgan fingerprint density at radius 3 is 2.79 bits per heavy atom. The van der Waals surface area contributed by atoms with Crippen LogP contribution in [0.4, 0.5) is 0 Å². The van der Waals surface area contributed by atoms with E-state index in [4.69, 9.17) is 11.6 Å². The average Bonchev–Trinajstić information content (AvgIpc) is 2.87. The number of hydrogen-bond donors (Lipinski definition) is 1. The summed E-state index contributed by atoms with van der Waals surface area (Å²) in [7, 11) is 0. The second-order valence-corrected chi connectivity index (χ2v) is 6.98. The van der Waals surface area contributed by atoms with Crippen LogP contribution in [-0.2, 0) is 6.54 Å². The third-order valence-corrected chi connectivity index (χ3v) is 5.11. The van der Waals surface area contributed by atoms with Crippen molar-refractivity contribution in [2.45, 2.75) is 51.8 Å². The maximum absolute atomic E-state index is 10.6. The summed E-state index contributed by atoms with van der Waals surface area (Å²) in [5.41, 5.74) is 0.802. The Balaban J connectivity index is 1.70. The minimum Gasteiger partial charge on any atom is -0.387 e. The van der Waals surface area contributed by atoms with Crippen LogP contribution in [0.1, 0.15) is 42.6 Å². The quantitative estimate of drug-likeness (QED) is 0.901. The Labute approximate surface area is 148 Å². The molecule has 0 radical (unpaired) electrons.